The number of alkyl halides is 3. The van der Waals surface area contributed by atoms with Gasteiger partial charge in [0.15, 0.2) is 6.10 Å². The van der Waals surface area contributed by atoms with Crippen molar-refractivity contribution in [2.45, 2.75) is 19.2 Å². The number of hydrogen-bond acceptors (Lipinski definition) is 8. The lowest BCUT2D eigenvalue weighted by Crippen LogP contribution is -2.40. The van der Waals surface area contributed by atoms with E-state index in [2.05, 4.69) is 9.11 Å². The largest absolute Gasteiger partial charge is 0.477 e. The number of nitrogens with zero attached hydrogens (tertiary/aromatic N) is 3. The van der Waals surface area contributed by atoms with Crippen molar-refractivity contribution < 1.29 is 27.4 Å². The maximum Gasteiger partial charge on any atom is 0.431 e. The number of benzene rings is 1. The van der Waals surface area contributed by atoms with E-state index >= 15 is 0 Å². The average Bonchev–Trinajstić information content (AvgIpc) is 3.41. The molecule has 0 aliphatic heterocycles. The first-order chi connectivity index (χ1) is 16.0. The van der Waals surface area contributed by atoms with Crippen molar-refractivity contribution in [1.82, 2.24) is 13.5 Å². The van der Waals surface area contributed by atoms with Crippen LogP contribution in [0.5, 0.6) is 5.75 Å². The summed E-state index contributed by atoms with van der Waals surface area (Å²) in [7, 11) is 2.20. The van der Waals surface area contributed by atoms with E-state index in [0.717, 1.165) is 23.3 Å². The maximum atomic E-state index is 13.2. The number of fused-ring (bicyclic) bond motifs is 1. The second-order valence-electron chi connectivity index (χ2n) is 7.15. The highest BCUT2D eigenvalue weighted by Gasteiger charge is 2.35. The minimum atomic E-state index is -4.85. The minimum absolute atomic E-state index is 0.0928. The number of rotatable bonds is 5. The van der Waals surface area contributed by atoms with E-state index < -0.39 is 35.2 Å². The zero-order valence-corrected chi connectivity index (χ0v) is 19.5. The predicted octanol–water partition coefficient (Wildman–Crippen LogP) is 3.83. The highest BCUT2D eigenvalue weighted by molar-refractivity contribution is 7.16. The Balaban J connectivity index is 1.83. The van der Waals surface area contributed by atoms with E-state index in [0.29, 0.717) is 36.9 Å². The summed E-state index contributed by atoms with van der Waals surface area (Å²) in [4.78, 5) is 37.5. The molecule has 8 nitrogen and oxygen atoms in total. The Kier molecular flexibility index (Phi) is 6.08. The molecule has 3 heterocycles. The van der Waals surface area contributed by atoms with Gasteiger partial charge in [-0.2, -0.15) is 17.5 Å². The lowest BCUT2D eigenvalue weighted by molar-refractivity contribution is -0.148. The molecule has 0 aliphatic carbocycles. The number of hydrogen-bond donors (Lipinski definition) is 0. The van der Waals surface area contributed by atoms with Crippen molar-refractivity contribution in [3.63, 3.8) is 0 Å². The average molecular weight is 512 g/mol. The molecule has 34 heavy (non-hydrogen) atoms. The van der Waals surface area contributed by atoms with Gasteiger partial charge in [-0.25, -0.2) is 14.2 Å². The van der Waals surface area contributed by atoms with E-state index in [1.165, 1.54) is 37.5 Å². The van der Waals surface area contributed by atoms with Crippen LogP contribution in [0.4, 0.5) is 13.2 Å². The summed E-state index contributed by atoms with van der Waals surface area (Å²) in [5, 5.41) is 2.31. The minimum Gasteiger partial charge on any atom is -0.477 e. The summed E-state index contributed by atoms with van der Waals surface area (Å²) in [5.41, 5.74) is -2.99. The van der Waals surface area contributed by atoms with Gasteiger partial charge >= 0.3 is 17.8 Å². The normalized spacial score (nSPS) is 12.6. The molecule has 1 unspecified atom stereocenters. The Morgan fingerprint density at radius 3 is 2.59 bits per heavy atom. The van der Waals surface area contributed by atoms with Crippen LogP contribution in [-0.2, 0) is 22.8 Å². The van der Waals surface area contributed by atoms with Crippen LogP contribution >= 0.6 is 22.9 Å². The van der Waals surface area contributed by atoms with Crippen LogP contribution in [0.15, 0.2) is 45.3 Å². The number of ether oxygens (including phenoxy) is 2. The fourth-order valence-corrected chi connectivity index (χ4v) is 4.98. The second-order valence-corrected chi connectivity index (χ2v) is 8.87. The van der Waals surface area contributed by atoms with Crippen LogP contribution in [-0.4, -0.2) is 32.7 Å². The van der Waals surface area contributed by atoms with Crippen molar-refractivity contribution in [2.24, 2.45) is 7.05 Å². The zero-order chi connectivity index (χ0) is 24.8. The quantitative estimate of drug-likeness (QED) is 0.378. The highest BCUT2D eigenvalue weighted by atomic mass is 32.1. The fourth-order valence-electron chi connectivity index (χ4n) is 3.33. The zero-order valence-electron chi connectivity index (χ0n) is 17.9. The van der Waals surface area contributed by atoms with Crippen molar-refractivity contribution in [2.75, 3.05) is 7.11 Å². The van der Waals surface area contributed by atoms with E-state index in [4.69, 9.17) is 4.74 Å². The third-order valence-electron chi connectivity index (χ3n) is 5.00. The van der Waals surface area contributed by atoms with Crippen LogP contribution in [0.1, 0.15) is 12.6 Å². The van der Waals surface area contributed by atoms with Gasteiger partial charge in [0.2, 0.25) is 0 Å². The third kappa shape index (κ3) is 4.12. The van der Waals surface area contributed by atoms with Gasteiger partial charge in [0.05, 0.1) is 22.4 Å². The molecule has 0 bridgehead atoms. The number of aromatic nitrogens is 3. The monoisotopic (exact) mass is 511 g/mol. The van der Waals surface area contributed by atoms with Gasteiger partial charge in [-0.15, -0.1) is 11.3 Å². The van der Waals surface area contributed by atoms with Gasteiger partial charge in [0.1, 0.15) is 17.1 Å². The van der Waals surface area contributed by atoms with Gasteiger partial charge in [0.25, 0.3) is 5.56 Å². The van der Waals surface area contributed by atoms with Gasteiger partial charge < -0.3 is 9.47 Å². The Labute approximate surface area is 197 Å². The molecule has 0 amide bonds. The molecule has 1 aromatic carbocycles. The molecule has 0 saturated heterocycles. The van der Waals surface area contributed by atoms with E-state index in [1.54, 1.807) is 17.5 Å². The van der Waals surface area contributed by atoms with Crippen molar-refractivity contribution in [3.05, 3.63) is 62.2 Å². The smallest absolute Gasteiger partial charge is 0.431 e. The lowest BCUT2D eigenvalue weighted by Gasteiger charge is -2.14. The van der Waals surface area contributed by atoms with E-state index in [9.17, 15) is 27.6 Å². The van der Waals surface area contributed by atoms with E-state index in [-0.39, 0.29) is 5.69 Å². The first-order valence-corrected chi connectivity index (χ1v) is 11.3. The van der Waals surface area contributed by atoms with Crippen LogP contribution < -0.4 is 16.0 Å². The SMILES string of the molecule is COC(=O)C(C)Oc1ccsc1-c1nsc2ccc(-n3c(=O)cc(C(F)(F)F)n(C)c3=O)cc12. The highest BCUT2D eigenvalue weighted by Crippen LogP contribution is 2.41. The van der Waals surface area contributed by atoms with Crippen molar-refractivity contribution in [1.29, 1.82) is 0 Å². The lowest BCUT2D eigenvalue weighted by atomic mass is 10.1. The summed E-state index contributed by atoms with van der Waals surface area (Å²) in [6.45, 7) is 1.54. The molecule has 13 heteroatoms. The molecule has 0 spiro atoms. The Hall–Kier alpha value is -3.45. The Bertz CT molecular complexity index is 1520. The number of halogens is 3. The molecule has 0 radical (unpaired) electrons. The summed E-state index contributed by atoms with van der Waals surface area (Å²) in [5.74, 6) is -0.164. The summed E-state index contributed by atoms with van der Waals surface area (Å²) >= 11 is 2.47. The molecular weight excluding hydrogens is 495 g/mol. The topological polar surface area (TPSA) is 92.4 Å². The van der Waals surface area contributed by atoms with Gasteiger partial charge in [-0.1, -0.05) is 0 Å². The maximum absolute atomic E-state index is 13.2. The molecule has 1 atom stereocenters. The fraction of sp³-hybridized carbons (Fsp3) is 0.238. The van der Waals surface area contributed by atoms with E-state index in [1.807, 2.05) is 0 Å². The van der Waals surface area contributed by atoms with Crippen LogP contribution in [0.2, 0.25) is 0 Å². The van der Waals surface area contributed by atoms with Crippen LogP contribution in [0, 0.1) is 0 Å². The molecule has 0 fully saturated rings. The first kappa shape index (κ1) is 23.7. The Morgan fingerprint density at radius 2 is 1.91 bits per heavy atom. The van der Waals surface area contributed by atoms with Gasteiger partial charge in [-0.3, -0.25) is 9.36 Å². The number of thiophene rings is 1. The summed E-state index contributed by atoms with van der Waals surface area (Å²) in [6, 6.07) is 6.66. The van der Waals surface area contributed by atoms with Gasteiger partial charge in [0, 0.05) is 18.5 Å². The number of carbonyl (C=O) groups is 1. The number of esters is 1. The number of methoxy groups -OCH3 is 1. The Morgan fingerprint density at radius 1 is 1.18 bits per heavy atom. The van der Waals surface area contributed by atoms with Crippen LogP contribution in [0.25, 0.3) is 26.3 Å². The summed E-state index contributed by atoms with van der Waals surface area (Å²) < 4.78 is 56.1. The summed E-state index contributed by atoms with van der Waals surface area (Å²) in [6.07, 6.45) is -5.72. The molecule has 0 N–H and O–H groups in total. The predicted molar refractivity (Wildman–Crippen MR) is 121 cm³/mol. The molecular formula is C21H16F3N3O5S2. The van der Waals surface area contributed by atoms with Gasteiger partial charge in [-0.05, 0) is 48.1 Å². The van der Waals surface area contributed by atoms with Crippen molar-refractivity contribution >= 4 is 38.9 Å². The third-order valence-corrected chi connectivity index (χ3v) is 6.73. The first-order valence-electron chi connectivity index (χ1n) is 9.65. The molecule has 0 saturated carbocycles. The van der Waals surface area contributed by atoms with Crippen molar-refractivity contribution in [3.8, 4) is 22.0 Å². The number of carbonyl (C=O) groups excluding carboxylic acids is 1. The van der Waals surface area contributed by atoms with Crippen LogP contribution in [0.3, 0.4) is 0 Å². The standard InChI is InChI=1S/C21H16F3N3O5S2/c1-10(19(29)31-3)32-13-6-7-33-18(13)17-12-8-11(4-5-14(12)34-25-17)27-16(28)9-15(21(22,23)24)26(2)20(27)30/h4-10H,1-3H3. The molecule has 0 aliphatic rings. The molecule has 178 valence electrons. The molecule has 3 aromatic heterocycles. The molecule has 4 rings (SSSR count). The second kappa shape index (κ2) is 8.72. The molecule has 4 aromatic rings.